The lowest BCUT2D eigenvalue weighted by molar-refractivity contribution is 0.0303. The molecule has 6 rings (SSSR count). The largest absolute Gasteiger partial charge is 0.496 e. The Bertz CT molecular complexity index is 1570. The van der Waals surface area contributed by atoms with Gasteiger partial charge in [-0.2, -0.15) is 0 Å². The number of hydrogen-bond donors (Lipinski definition) is 0. The molecule has 7 heteroatoms. The number of hydrogen-bond acceptors (Lipinski definition) is 5. The maximum absolute atomic E-state index is 13.3. The molecular weight excluding hydrogens is 470 g/mol. The van der Waals surface area contributed by atoms with E-state index in [2.05, 4.69) is 34.3 Å². The fourth-order valence-electron chi connectivity index (χ4n) is 4.61. The Morgan fingerprint density at radius 1 is 0.944 bits per heavy atom. The summed E-state index contributed by atoms with van der Waals surface area (Å²) >= 11 is 1.55. The minimum atomic E-state index is 0.0157. The van der Waals surface area contributed by atoms with E-state index in [0.29, 0.717) is 31.9 Å². The van der Waals surface area contributed by atoms with E-state index in [4.69, 9.17) is 14.5 Å². The Labute approximate surface area is 213 Å². The summed E-state index contributed by atoms with van der Waals surface area (Å²) in [7, 11) is 1.68. The molecule has 1 amide bonds. The molecule has 5 aromatic rings. The monoisotopic (exact) mass is 495 g/mol. The predicted octanol–water partition coefficient (Wildman–Crippen LogP) is 5.89. The molecule has 4 aromatic carbocycles. The molecule has 1 aliphatic rings. The van der Waals surface area contributed by atoms with E-state index in [-0.39, 0.29) is 5.91 Å². The number of nitrogens with zero attached hydrogens (tertiary/aromatic N) is 3. The Kier molecular flexibility index (Phi) is 6.09. The highest BCUT2D eigenvalue weighted by Gasteiger charge is 2.22. The van der Waals surface area contributed by atoms with Crippen molar-refractivity contribution in [1.29, 1.82) is 0 Å². The summed E-state index contributed by atoms with van der Waals surface area (Å²) in [6, 6.07) is 28.3. The second kappa shape index (κ2) is 9.68. The number of rotatable bonds is 5. The highest BCUT2D eigenvalue weighted by Crippen LogP contribution is 2.39. The molecule has 1 saturated heterocycles. The van der Waals surface area contributed by atoms with Crippen molar-refractivity contribution in [3.63, 3.8) is 0 Å². The van der Waals surface area contributed by atoms with Gasteiger partial charge in [0.25, 0.3) is 5.91 Å². The van der Waals surface area contributed by atoms with E-state index in [9.17, 15) is 4.79 Å². The number of aromatic nitrogens is 2. The van der Waals surface area contributed by atoms with Crippen LogP contribution in [0.1, 0.15) is 10.4 Å². The number of benzene rings is 4. The SMILES string of the molecule is COc1ccccc1Sn1c(-c2cccc3ccccc23)nc2ccc(C(=O)N3CCOCC3)cc21. The van der Waals surface area contributed by atoms with E-state index < -0.39 is 0 Å². The van der Waals surface area contributed by atoms with Crippen molar-refractivity contribution in [3.8, 4) is 17.1 Å². The molecule has 36 heavy (non-hydrogen) atoms. The molecule has 0 unspecified atom stereocenters. The minimum absolute atomic E-state index is 0.0157. The summed E-state index contributed by atoms with van der Waals surface area (Å²) in [5, 5.41) is 2.28. The number of imidazole rings is 1. The Morgan fingerprint density at radius 3 is 2.58 bits per heavy atom. The van der Waals surface area contributed by atoms with Gasteiger partial charge >= 0.3 is 0 Å². The number of methoxy groups -OCH3 is 1. The summed E-state index contributed by atoms with van der Waals surface area (Å²) in [6.07, 6.45) is 0. The maximum Gasteiger partial charge on any atom is 0.254 e. The zero-order valence-corrected chi connectivity index (χ0v) is 20.7. The molecule has 0 radical (unpaired) electrons. The lowest BCUT2D eigenvalue weighted by atomic mass is 10.0. The van der Waals surface area contributed by atoms with Gasteiger partial charge in [-0.25, -0.2) is 4.98 Å². The first-order chi connectivity index (χ1) is 17.7. The van der Waals surface area contributed by atoms with Gasteiger partial charge in [0, 0.05) is 24.2 Å². The van der Waals surface area contributed by atoms with Crippen LogP contribution in [0.25, 0.3) is 33.2 Å². The van der Waals surface area contributed by atoms with E-state index in [1.165, 1.54) is 0 Å². The molecule has 6 nitrogen and oxygen atoms in total. The molecule has 180 valence electrons. The van der Waals surface area contributed by atoms with Gasteiger partial charge in [-0.15, -0.1) is 0 Å². The van der Waals surface area contributed by atoms with Gasteiger partial charge in [-0.1, -0.05) is 54.6 Å². The molecule has 0 atom stereocenters. The normalized spacial score (nSPS) is 13.9. The van der Waals surface area contributed by atoms with Crippen LogP contribution in [0.5, 0.6) is 5.75 Å². The van der Waals surface area contributed by atoms with Gasteiger partial charge in [-0.05, 0) is 53.1 Å². The van der Waals surface area contributed by atoms with Crippen molar-refractivity contribution < 1.29 is 14.3 Å². The van der Waals surface area contributed by atoms with E-state index >= 15 is 0 Å². The van der Waals surface area contributed by atoms with Crippen LogP contribution in [0, 0.1) is 0 Å². The van der Waals surface area contributed by atoms with Crippen LogP contribution in [0.15, 0.2) is 89.8 Å². The molecular formula is C29H25N3O3S. The lowest BCUT2D eigenvalue weighted by Gasteiger charge is -2.26. The number of carbonyl (C=O) groups is 1. The number of para-hydroxylation sites is 1. The van der Waals surface area contributed by atoms with Gasteiger partial charge in [0.1, 0.15) is 5.75 Å². The van der Waals surface area contributed by atoms with Gasteiger partial charge in [0.15, 0.2) is 5.82 Å². The number of fused-ring (bicyclic) bond motifs is 2. The summed E-state index contributed by atoms with van der Waals surface area (Å²) in [5.74, 6) is 1.63. The van der Waals surface area contributed by atoms with Crippen molar-refractivity contribution in [2.45, 2.75) is 4.90 Å². The van der Waals surface area contributed by atoms with Crippen LogP contribution < -0.4 is 4.74 Å². The summed E-state index contributed by atoms with van der Waals surface area (Å²) in [4.78, 5) is 21.1. The quantitative estimate of drug-likeness (QED) is 0.304. The second-order valence-electron chi connectivity index (χ2n) is 8.61. The van der Waals surface area contributed by atoms with Crippen LogP contribution in [0.2, 0.25) is 0 Å². The fourth-order valence-corrected chi connectivity index (χ4v) is 5.66. The minimum Gasteiger partial charge on any atom is -0.496 e. The number of ether oxygens (including phenoxy) is 2. The van der Waals surface area contributed by atoms with Crippen molar-refractivity contribution in [3.05, 3.63) is 90.5 Å². The molecule has 0 bridgehead atoms. The lowest BCUT2D eigenvalue weighted by Crippen LogP contribution is -2.40. The standard InChI is InChI=1S/C29H25N3O3S/c1-34-26-11-4-5-12-27(26)36-32-25-19-21(29(33)31-15-17-35-18-16-31)13-14-24(25)30-28(32)23-10-6-8-20-7-2-3-9-22(20)23/h2-14,19H,15-18H2,1H3. The molecule has 1 aromatic heterocycles. The van der Waals surface area contributed by atoms with E-state index in [0.717, 1.165) is 43.8 Å². The van der Waals surface area contributed by atoms with Crippen molar-refractivity contribution >= 4 is 39.7 Å². The van der Waals surface area contributed by atoms with Crippen molar-refractivity contribution in [2.24, 2.45) is 0 Å². The van der Waals surface area contributed by atoms with Crippen LogP contribution in [-0.4, -0.2) is 53.2 Å². The predicted molar refractivity (Wildman–Crippen MR) is 144 cm³/mol. The zero-order valence-electron chi connectivity index (χ0n) is 19.9. The zero-order chi connectivity index (χ0) is 24.5. The first kappa shape index (κ1) is 22.6. The van der Waals surface area contributed by atoms with Crippen molar-refractivity contribution in [2.75, 3.05) is 33.4 Å². The number of morpholine rings is 1. The Morgan fingerprint density at radius 2 is 1.72 bits per heavy atom. The van der Waals surface area contributed by atoms with Gasteiger partial charge in [0.05, 0.1) is 36.3 Å². The van der Waals surface area contributed by atoms with Crippen LogP contribution in [0.3, 0.4) is 0 Å². The maximum atomic E-state index is 13.3. The van der Waals surface area contributed by atoms with E-state index in [1.807, 2.05) is 59.5 Å². The topological polar surface area (TPSA) is 56.6 Å². The van der Waals surface area contributed by atoms with Gasteiger partial charge in [0.2, 0.25) is 0 Å². The first-order valence-electron chi connectivity index (χ1n) is 11.9. The molecule has 0 aliphatic carbocycles. The van der Waals surface area contributed by atoms with Gasteiger partial charge < -0.3 is 14.4 Å². The second-order valence-corrected chi connectivity index (χ2v) is 9.59. The van der Waals surface area contributed by atoms with Gasteiger partial charge in [-0.3, -0.25) is 8.77 Å². The first-order valence-corrected chi connectivity index (χ1v) is 12.7. The Hall–Kier alpha value is -3.81. The van der Waals surface area contributed by atoms with Crippen LogP contribution >= 0.6 is 11.9 Å². The highest BCUT2D eigenvalue weighted by molar-refractivity contribution is 7.98. The van der Waals surface area contributed by atoms with Crippen LogP contribution in [-0.2, 0) is 4.74 Å². The molecule has 0 spiro atoms. The Balaban J connectivity index is 1.54. The average Bonchev–Trinajstić information content (AvgIpc) is 3.30. The summed E-state index contributed by atoms with van der Waals surface area (Å²) in [5.41, 5.74) is 3.40. The smallest absolute Gasteiger partial charge is 0.254 e. The number of amides is 1. The average molecular weight is 496 g/mol. The third-order valence-electron chi connectivity index (χ3n) is 6.45. The molecule has 2 heterocycles. The van der Waals surface area contributed by atoms with Crippen molar-refractivity contribution in [1.82, 2.24) is 13.9 Å². The molecule has 0 N–H and O–H groups in total. The van der Waals surface area contributed by atoms with Crippen LogP contribution in [0.4, 0.5) is 0 Å². The summed E-state index contributed by atoms with van der Waals surface area (Å²) < 4.78 is 13.2. The molecule has 0 saturated carbocycles. The third kappa shape index (κ3) is 4.10. The number of carbonyl (C=O) groups excluding carboxylic acids is 1. The highest BCUT2D eigenvalue weighted by atomic mass is 32.2. The third-order valence-corrected chi connectivity index (χ3v) is 7.53. The van der Waals surface area contributed by atoms with E-state index in [1.54, 1.807) is 19.1 Å². The fraction of sp³-hybridized carbons (Fsp3) is 0.172. The summed E-state index contributed by atoms with van der Waals surface area (Å²) in [6.45, 7) is 2.35. The molecule has 1 fully saturated rings. The molecule has 1 aliphatic heterocycles.